The third-order valence-electron chi connectivity index (χ3n) is 7.08. The summed E-state index contributed by atoms with van der Waals surface area (Å²) >= 11 is 0. The van der Waals surface area contributed by atoms with E-state index >= 15 is 0 Å². The molecule has 2 N–H and O–H groups in total. The van der Waals surface area contributed by atoms with Crippen LogP contribution in [-0.4, -0.2) is 48.4 Å². The van der Waals surface area contributed by atoms with Gasteiger partial charge in [-0.1, -0.05) is 18.9 Å². The van der Waals surface area contributed by atoms with Crippen LogP contribution in [0.1, 0.15) is 64.0 Å². The molecule has 0 aromatic carbocycles. The average Bonchev–Trinajstić information content (AvgIpc) is 3.28. The van der Waals surface area contributed by atoms with Gasteiger partial charge in [-0.25, -0.2) is 5.43 Å². The van der Waals surface area contributed by atoms with E-state index in [9.17, 15) is 0 Å². The number of ether oxygens (including phenoxy) is 1. The third-order valence-corrected chi connectivity index (χ3v) is 7.08. The van der Waals surface area contributed by atoms with Gasteiger partial charge in [-0.05, 0) is 70.2 Å². The normalized spacial score (nSPS) is 29.4. The maximum absolute atomic E-state index is 6.36. The number of hydrazine groups is 1. The molecule has 28 heavy (non-hydrogen) atoms. The Morgan fingerprint density at radius 2 is 2.14 bits per heavy atom. The van der Waals surface area contributed by atoms with Gasteiger partial charge >= 0.3 is 0 Å². The number of nitrogens with zero attached hydrogens (tertiary/aromatic N) is 2. The summed E-state index contributed by atoms with van der Waals surface area (Å²) in [4.78, 5) is 4.81. The van der Waals surface area contributed by atoms with Crippen LogP contribution < -0.4 is 10.7 Å². The number of hydrogen-bond donors (Lipinski definition) is 2. The summed E-state index contributed by atoms with van der Waals surface area (Å²) in [6.45, 7) is 5.06. The zero-order valence-electron chi connectivity index (χ0n) is 17.5. The topological polar surface area (TPSA) is 49.4 Å². The lowest BCUT2D eigenvalue weighted by molar-refractivity contribution is -0.104. The second-order valence-electron chi connectivity index (χ2n) is 9.07. The third kappa shape index (κ3) is 4.27. The molecule has 154 valence electrons. The van der Waals surface area contributed by atoms with Gasteiger partial charge < -0.3 is 15.1 Å². The van der Waals surface area contributed by atoms with Gasteiger partial charge in [-0.15, -0.1) is 0 Å². The molecule has 5 nitrogen and oxygen atoms in total. The minimum Gasteiger partial charge on any atom is -0.375 e. The second kappa shape index (κ2) is 8.52. The van der Waals surface area contributed by atoms with Gasteiger partial charge in [0.25, 0.3) is 0 Å². The lowest BCUT2D eigenvalue weighted by Crippen LogP contribution is -2.46. The SMILES string of the molecule is CC1=CC(CNCCCC2(c3ccccn3)CCOC3(CCCC3)C2)NN1C. The maximum Gasteiger partial charge on any atom is 0.0691 e. The molecule has 1 saturated carbocycles. The minimum atomic E-state index is 0.115. The highest BCUT2D eigenvalue weighted by Crippen LogP contribution is 2.50. The van der Waals surface area contributed by atoms with Gasteiger partial charge in [0.15, 0.2) is 0 Å². The van der Waals surface area contributed by atoms with Crippen molar-refractivity contribution in [2.24, 2.45) is 0 Å². The van der Waals surface area contributed by atoms with Crippen molar-refractivity contribution < 1.29 is 4.74 Å². The van der Waals surface area contributed by atoms with Crippen LogP contribution in [-0.2, 0) is 10.2 Å². The average molecular weight is 385 g/mol. The molecular formula is C23H36N4O. The quantitative estimate of drug-likeness (QED) is 0.704. The van der Waals surface area contributed by atoms with Crippen molar-refractivity contribution in [2.75, 3.05) is 26.7 Å². The van der Waals surface area contributed by atoms with E-state index in [1.54, 1.807) is 0 Å². The summed E-state index contributed by atoms with van der Waals surface area (Å²) in [7, 11) is 2.08. The van der Waals surface area contributed by atoms with Crippen LogP contribution in [0.5, 0.6) is 0 Å². The molecule has 0 radical (unpaired) electrons. The fourth-order valence-corrected chi connectivity index (χ4v) is 5.50. The summed E-state index contributed by atoms with van der Waals surface area (Å²) in [6, 6.07) is 6.83. The molecular weight excluding hydrogens is 348 g/mol. The first-order valence-electron chi connectivity index (χ1n) is 11.1. The van der Waals surface area contributed by atoms with Crippen molar-refractivity contribution in [1.82, 2.24) is 20.7 Å². The Morgan fingerprint density at radius 1 is 1.29 bits per heavy atom. The molecule has 4 rings (SSSR count). The summed E-state index contributed by atoms with van der Waals surface area (Å²) in [6.07, 6.45) is 14.0. The fourth-order valence-electron chi connectivity index (χ4n) is 5.50. The minimum absolute atomic E-state index is 0.115. The maximum atomic E-state index is 6.36. The van der Waals surface area contributed by atoms with E-state index in [2.05, 4.69) is 47.9 Å². The molecule has 2 fully saturated rings. The van der Waals surface area contributed by atoms with E-state index in [1.807, 2.05) is 12.3 Å². The van der Waals surface area contributed by atoms with Crippen LogP contribution >= 0.6 is 0 Å². The van der Waals surface area contributed by atoms with E-state index in [0.717, 1.165) is 32.5 Å². The van der Waals surface area contributed by atoms with Gasteiger partial charge in [0.1, 0.15) is 0 Å². The molecule has 1 spiro atoms. The molecule has 2 atom stereocenters. The highest BCUT2D eigenvalue weighted by molar-refractivity contribution is 5.20. The molecule has 1 saturated heterocycles. The van der Waals surface area contributed by atoms with Crippen molar-refractivity contribution >= 4 is 0 Å². The van der Waals surface area contributed by atoms with E-state index in [-0.39, 0.29) is 11.0 Å². The van der Waals surface area contributed by atoms with Crippen LogP contribution in [0.3, 0.4) is 0 Å². The summed E-state index contributed by atoms with van der Waals surface area (Å²) in [5.41, 5.74) is 6.33. The van der Waals surface area contributed by atoms with Crippen molar-refractivity contribution in [3.63, 3.8) is 0 Å². The highest BCUT2D eigenvalue weighted by atomic mass is 16.5. The van der Waals surface area contributed by atoms with E-state index in [1.165, 1.54) is 49.9 Å². The summed E-state index contributed by atoms with van der Waals surface area (Å²) in [5.74, 6) is 0. The zero-order chi connectivity index (χ0) is 19.5. The van der Waals surface area contributed by atoms with Crippen molar-refractivity contribution in [3.05, 3.63) is 41.9 Å². The molecule has 0 bridgehead atoms. The second-order valence-corrected chi connectivity index (χ2v) is 9.07. The predicted molar refractivity (Wildman–Crippen MR) is 113 cm³/mol. The van der Waals surface area contributed by atoms with Crippen LogP contribution in [0.15, 0.2) is 36.2 Å². The van der Waals surface area contributed by atoms with E-state index < -0.39 is 0 Å². The van der Waals surface area contributed by atoms with Crippen molar-refractivity contribution in [3.8, 4) is 0 Å². The smallest absolute Gasteiger partial charge is 0.0691 e. The number of hydrogen-bond acceptors (Lipinski definition) is 5. The van der Waals surface area contributed by atoms with Crippen LogP contribution in [0.4, 0.5) is 0 Å². The van der Waals surface area contributed by atoms with Crippen molar-refractivity contribution in [2.45, 2.75) is 75.3 Å². The zero-order valence-corrected chi connectivity index (χ0v) is 17.5. The highest BCUT2D eigenvalue weighted by Gasteiger charge is 2.48. The first kappa shape index (κ1) is 19.9. The largest absolute Gasteiger partial charge is 0.375 e. The van der Waals surface area contributed by atoms with Crippen LogP contribution in [0.2, 0.25) is 0 Å². The molecule has 5 heteroatoms. The fraction of sp³-hybridized carbons (Fsp3) is 0.696. The van der Waals surface area contributed by atoms with Gasteiger partial charge in [0.2, 0.25) is 0 Å². The van der Waals surface area contributed by atoms with E-state index in [0.29, 0.717) is 6.04 Å². The Balaban J connectivity index is 1.35. The molecule has 3 aliphatic rings. The van der Waals surface area contributed by atoms with Gasteiger partial charge in [-0.2, -0.15) is 0 Å². The predicted octanol–water partition coefficient (Wildman–Crippen LogP) is 3.53. The van der Waals surface area contributed by atoms with Crippen LogP contribution in [0, 0.1) is 0 Å². The Bertz CT molecular complexity index is 670. The lowest BCUT2D eigenvalue weighted by Gasteiger charge is -2.46. The van der Waals surface area contributed by atoms with Gasteiger partial charge in [0, 0.05) is 43.2 Å². The molecule has 3 heterocycles. The number of rotatable bonds is 7. The van der Waals surface area contributed by atoms with Gasteiger partial charge in [-0.3, -0.25) is 4.98 Å². The summed E-state index contributed by atoms with van der Waals surface area (Å²) < 4.78 is 6.36. The molecule has 0 amide bonds. The number of nitrogens with one attached hydrogen (secondary N) is 2. The molecule has 2 aliphatic heterocycles. The molecule has 1 aromatic rings. The number of allylic oxidation sites excluding steroid dienone is 1. The monoisotopic (exact) mass is 384 g/mol. The number of aromatic nitrogens is 1. The Morgan fingerprint density at radius 3 is 2.86 bits per heavy atom. The standard InChI is InChI=1S/C23H36N4O/c1-19-16-20(26-27(19)2)17-24-13-7-9-22(21-8-3-6-14-25-21)12-15-28-23(18-22)10-4-5-11-23/h3,6,8,14,16,20,24,26H,4-5,7,9-13,15,17-18H2,1-2H3. The molecule has 1 aliphatic carbocycles. The lowest BCUT2D eigenvalue weighted by atomic mass is 9.67. The first-order chi connectivity index (χ1) is 13.6. The Kier molecular flexibility index (Phi) is 6.04. The Hall–Kier alpha value is -1.43. The van der Waals surface area contributed by atoms with Crippen LogP contribution in [0.25, 0.3) is 0 Å². The van der Waals surface area contributed by atoms with Crippen molar-refractivity contribution in [1.29, 1.82) is 0 Å². The molecule has 1 aromatic heterocycles. The molecule has 2 unspecified atom stereocenters. The first-order valence-corrected chi connectivity index (χ1v) is 11.1. The summed E-state index contributed by atoms with van der Waals surface area (Å²) in [5, 5.41) is 5.76. The number of pyridine rings is 1. The van der Waals surface area contributed by atoms with E-state index in [4.69, 9.17) is 9.72 Å². The Labute approximate surface area is 169 Å². The van der Waals surface area contributed by atoms with Gasteiger partial charge in [0.05, 0.1) is 11.6 Å².